The summed E-state index contributed by atoms with van der Waals surface area (Å²) in [5, 5.41) is 5.46. The quantitative estimate of drug-likeness (QED) is 0.660. The first kappa shape index (κ1) is 17.6. The maximum absolute atomic E-state index is 13.3. The van der Waals surface area contributed by atoms with Crippen LogP contribution in [0.15, 0.2) is 72.0 Å². The number of aromatic nitrogens is 2. The van der Waals surface area contributed by atoms with Crippen LogP contribution in [0.25, 0.3) is 10.8 Å². The molecular weight excluding hydrogens is 326 g/mol. The maximum atomic E-state index is 13.3. The molecule has 132 valence electrons. The fourth-order valence-electron chi connectivity index (χ4n) is 2.88. The topological polar surface area (TPSA) is 55.2 Å². The van der Waals surface area contributed by atoms with Gasteiger partial charge < -0.3 is 4.90 Å². The third-order valence-corrected chi connectivity index (χ3v) is 4.14. The summed E-state index contributed by atoms with van der Waals surface area (Å²) in [6.45, 7) is 7.84. The van der Waals surface area contributed by atoms with Gasteiger partial charge in [-0.1, -0.05) is 42.5 Å². The molecule has 3 rings (SSSR count). The number of anilines is 1. The van der Waals surface area contributed by atoms with E-state index in [4.69, 9.17) is 0 Å². The second kappa shape index (κ2) is 7.35. The van der Waals surface area contributed by atoms with Crippen molar-refractivity contribution in [3.63, 3.8) is 0 Å². The SMILES string of the molecule is C=CCN(C(=O)c1nn(C(C)C)c(=O)c2ccccc12)c1ccccc1. The van der Waals surface area contributed by atoms with Crippen LogP contribution in [0.4, 0.5) is 5.69 Å². The lowest BCUT2D eigenvalue weighted by atomic mass is 10.1. The van der Waals surface area contributed by atoms with E-state index in [9.17, 15) is 9.59 Å². The molecule has 1 amide bonds. The lowest BCUT2D eigenvalue weighted by Gasteiger charge is -2.22. The molecule has 0 fully saturated rings. The first-order valence-electron chi connectivity index (χ1n) is 8.54. The highest BCUT2D eigenvalue weighted by Crippen LogP contribution is 2.21. The summed E-state index contributed by atoms with van der Waals surface area (Å²) in [6, 6.07) is 16.3. The van der Waals surface area contributed by atoms with Crippen LogP contribution in [-0.2, 0) is 0 Å². The van der Waals surface area contributed by atoms with Crippen LogP contribution in [0.5, 0.6) is 0 Å². The summed E-state index contributed by atoms with van der Waals surface area (Å²) >= 11 is 0. The van der Waals surface area contributed by atoms with E-state index in [2.05, 4.69) is 11.7 Å². The van der Waals surface area contributed by atoms with Crippen LogP contribution in [0, 0.1) is 0 Å². The Balaban J connectivity index is 2.22. The Bertz CT molecular complexity index is 1010. The average molecular weight is 347 g/mol. The van der Waals surface area contributed by atoms with Gasteiger partial charge in [-0.15, -0.1) is 6.58 Å². The number of para-hydroxylation sites is 1. The Morgan fingerprint density at radius 2 is 1.73 bits per heavy atom. The lowest BCUT2D eigenvalue weighted by Crippen LogP contribution is -2.35. The normalized spacial score (nSPS) is 10.9. The number of rotatable bonds is 5. The van der Waals surface area contributed by atoms with Crippen molar-refractivity contribution in [2.45, 2.75) is 19.9 Å². The van der Waals surface area contributed by atoms with Gasteiger partial charge in [-0.25, -0.2) is 4.68 Å². The van der Waals surface area contributed by atoms with Gasteiger partial charge in [-0.3, -0.25) is 9.59 Å². The highest BCUT2D eigenvalue weighted by atomic mass is 16.2. The van der Waals surface area contributed by atoms with E-state index in [0.717, 1.165) is 5.69 Å². The predicted octanol–water partition coefficient (Wildman–Crippen LogP) is 3.81. The van der Waals surface area contributed by atoms with Crippen LogP contribution < -0.4 is 10.5 Å². The van der Waals surface area contributed by atoms with Crippen LogP contribution in [-0.4, -0.2) is 22.2 Å². The third-order valence-electron chi connectivity index (χ3n) is 4.14. The number of benzene rings is 2. The van der Waals surface area contributed by atoms with E-state index < -0.39 is 0 Å². The van der Waals surface area contributed by atoms with E-state index in [0.29, 0.717) is 17.3 Å². The van der Waals surface area contributed by atoms with Gasteiger partial charge in [0.1, 0.15) is 0 Å². The van der Waals surface area contributed by atoms with Crippen molar-refractivity contribution in [2.24, 2.45) is 0 Å². The molecule has 5 heteroatoms. The molecule has 0 aliphatic carbocycles. The molecule has 0 atom stereocenters. The molecule has 1 aromatic heterocycles. The standard InChI is InChI=1S/C21H21N3O2/c1-4-14-23(16-10-6-5-7-11-16)21(26)19-17-12-8-9-13-18(17)20(25)24(22-19)15(2)3/h4-13,15H,1,14H2,2-3H3. The molecule has 0 spiro atoms. The van der Waals surface area contributed by atoms with Gasteiger partial charge in [-0.2, -0.15) is 5.10 Å². The van der Waals surface area contributed by atoms with E-state index in [1.165, 1.54) is 4.68 Å². The highest BCUT2D eigenvalue weighted by molar-refractivity contribution is 6.12. The number of carbonyl (C=O) groups excluding carboxylic acids is 1. The summed E-state index contributed by atoms with van der Waals surface area (Å²) in [5.74, 6) is -0.262. The van der Waals surface area contributed by atoms with Crippen molar-refractivity contribution in [3.8, 4) is 0 Å². The number of fused-ring (bicyclic) bond motifs is 1. The Morgan fingerprint density at radius 1 is 1.12 bits per heavy atom. The zero-order valence-electron chi connectivity index (χ0n) is 14.9. The smallest absolute Gasteiger partial charge is 0.279 e. The number of amides is 1. The van der Waals surface area contributed by atoms with Gasteiger partial charge in [-0.05, 0) is 32.0 Å². The molecule has 1 heterocycles. The minimum atomic E-state index is -0.262. The molecule has 0 saturated heterocycles. The molecule has 0 bridgehead atoms. The molecule has 3 aromatic rings. The maximum Gasteiger partial charge on any atom is 0.279 e. The molecule has 0 N–H and O–H groups in total. The molecule has 0 radical (unpaired) electrons. The predicted molar refractivity (Wildman–Crippen MR) is 105 cm³/mol. The number of carbonyl (C=O) groups is 1. The number of hydrogen-bond donors (Lipinski definition) is 0. The minimum absolute atomic E-state index is 0.150. The number of hydrogen-bond acceptors (Lipinski definition) is 3. The first-order valence-corrected chi connectivity index (χ1v) is 8.54. The highest BCUT2D eigenvalue weighted by Gasteiger charge is 2.23. The van der Waals surface area contributed by atoms with Crippen molar-refractivity contribution in [2.75, 3.05) is 11.4 Å². The lowest BCUT2D eigenvalue weighted by molar-refractivity contribution is 0.0984. The van der Waals surface area contributed by atoms with Gasteiger partial charge >= 0.3 is 0 Å². The fraction of sp³-hybridized carbons (Fsp3) is 0.190. The van der Waals surface area contributed by atoms with Crippen molar-refractivity contribution < 1.29 is 4.79 Å². The fourth-order valence-corrected chi connectivity index (χ4v) is 2.88. The molecule has 0 saturated carbocycles. The monoisotopic (exact) mass is 347 g/mol. The van der Waals surface area contributed by atoms with Gasteiger partial charge in [0.15, 0.2) is 5.69 Å². The van der Waals surface area contributed by atoms with Gasteiger partial charge in [0, 0.05) is 17.6 Å². The summed E-state index contributed by atoms with van der Waals surface area (Å²) in [4.78, 5) is 27.6. The zero-order valence-corrected chi connectivity index (χ0v) is 14.9. The third kappa shape index (κ3) is 3.16. The van der Waals surface area contributed by atoms with Crippen molar-refractivity contribution in [1.82, 2.24) is 9.78 Å². The molecule has 26 heavy (non-hydrogen) atoms. The average Bonchev–Trinajstić information content (AvgIpc) is 2.66. The van der Waals surface area contributed by atoms with E-state index in [-0.39, 0.29) is 23.2 Å². The second-order valence-electron chi connectivity index (χ2n) is 6.28. The Labute approximate surface area is 152 Å². The van der Waals surface area contributed by atoms with E-state index >= 15 is 0 Å². The summed E-state index contributed by atoms with van der Waals surface area (Å²) in [5.41, 5.74) is 0.826. The van der Waals surface area contributed by atoms with E-state index in [1.807, 2.05) is 44.2 Å². The Morgan fingerprint density at radius 3 is 2.35 bits per heavy atom. The molecule has 5 nitrogen and oxygen atoms in total. The second-order valence-corrected chi connectivity index (χ2v) is 6.28. The molecular formula is C21H21N3O2. The summed E-state index contributed by atoms with van der Waals surface area (Å²) in [7, 11) is 0. The summed E-state index contributed by atoms with van der Waals surface area (Å²) in [6.07, 6.45) is 1.67. The van der Waals surface area contributed by atoms with E-state index in [1.54, 1.807) is 35.2 Å². The molecule has 0 aliphatic rings. The Kier molecular flexibility index (Phi) is 4.98. The van der Waals surface area contributed by atoms with Crippen LogP contribution >= 0.6 is 0 Å². The van der Waals surface area contributed by atoms with Gasteiger partial charge in [0.2, 0.25) is 0 Å². The van der Waals surface area contributed by atoms with Crippen LogP contribution in [0.3, 0.4) is 0 Å². The van der Waals surface area contributed by atoms with Crippen molar-refractivity contribution in [1.29, 1.82) is 0 Å². The van der Waals surface area contributed by atoms with Crippen molar-refractivity contribution >= 4 is 22.4 Å². The van der Waals surface area contributed by atoms with Gasteiger partial charge in [0.25, 0.3) is 11.5 Å². The Hall–Kier alpha value is -3.21. The zero-order chi connectivity index (χ0) is 18.7. The van der Waals surface area contributed by atoms with Crippen molar-refractivity contribution in [3.05, 3.63) is 83.3 Å². The molecule has 0 aliphatic heterocycles. The number of nitrogens with zero attached hydrogens (tertiary/aromatic N) is 3. The first-order chi connectivity index (χ1) is 12.5. The van der Waals surface area contributed by atoms with Crippen LogP contribution in [0.1, 0.15) is 30.4 Å². The summed E-state index contributed by atoms with van der Waals surface area (Å²) < 4.78 is 1.37. The molecule has 0 unspecified atom stereocenters. The molecule has 2 aromatic carbocycles. The largest absolute Gasteiger partial charge is 0.303 e. The van der Waals surface area contributed by atoms with Gasteiger partial charge in [0.05, 0.1) is 11.4 Å². The van der Waals surface area contributed by atoms with Crippen LogP contribution in [0.2, 0.25) is 0 Å². The minimum Gasteiger partial charge on any atom is -0.303 e.